The highest BCUT2D eigenvalue weighted by molar-refractivity contribution is 7.84. The van der Waals surface area contributed by atoms with E-state index in [4.69, 9.17) is 0 Å². The van der Waals surface area contributed by atoms with Crippen LogP contribution in [0.2, 0.25) is 0 Å². The monoisotopic (exact) mass is 334 g/mol. The zero-order valence-corrected chi connectivity index (χ0v) is 13.9. The van der Waals surface area contributed by atoms with Gasteiger partial charge in [0.2, 0.25) is 0 Å². The molecule has 2 N–H and O–H groups in total. The van der Waals surface area contributed by atoms with E-state index in [2.05, 4.69) is 10.6 Å². The van der Waals surface area contributed by atoms with Gasteiger partial charge in [0.25, 0.3) is 0 Å². The maximum atomic E-state index is 13.4. The highest BCUT2D eigenvalue weighted by atomic mass is 32.2. The van der Waals surface area contributed by atoms with E-state index in [-0.39, 0.29) is 18.4 Å². The Hall–Kier alpha value is -2.21. The zero-order valence-electron chi connectivity index (χ0n) is 13.1. The largest absolute Gasteiger partial charge is 0.334 e. The molecule has 0 radical (unpaired) electrons. The average Bonchev–Trinajstić information content (AvgIpc) is 2.54. The van der Waals surface area contributed by atoms with Crippen molar-refractivity contribution >= 4 is 16.8 Å². The number of benzene rings is 2. The minimum absolute atomic E-state index is 0.261. The number of urea groups is 1. The van der Waals surface area contributed by atoms with Crippen LogP contribution >= 0.6 is 0 Å². The van der Waals surface area contributed by atoms with Crippen LogP contribution in [0.5, 0.6) is 0 Å². The molecule has 0 saturated heterocycles. The molecule has 0 saturated carbocycles. The number of rotatable bonds is 5. The Balaban J connectivity index is 1.80. The highest BCUT2D eigenvalue weighted by Gasteiger charge is 2.04. The van der Waals surface area contributed by atoms with Crippen LogP contribution in [0.3, 0.4) is 0 Å². The normalized spacial score (nSPS) is 11.8. The fourth-order valence-corrected chi connectivity index (χ4v) is 2.49. The lowest BCUT2D eigenvalue weighted by molar-refractivity contribution is 0.240. The van der Waals surface area contributed by atoms with Crippen molar-refractivity contribution in [3.63, 3.8) is 0 Å². The fraction of sp³-hybridized carbons (Fsp3) is 0.235. The van der Waals surface area contributed by atoms with Crippen LogP contribution < -0.4 is 10.6 Å². The number of hydrogen-bond donors (Lipinski definition) is 2. The molecule has 0 aliphatic carbocycles. The predicted molar refractivity (Wildman–Crippen MR) is 89.0 cm³/mol. The third kappa shape index (κ3) is 5.17. The van der Waals surface area contributed by atoms with Crippen molar-refractivity contribution in [3.8, 4) is 0 Å². The van der Waals surface area contributed by atoms with Gasteiger partial charge in [0.1, 0.15) is 5.82 Å². The molecular weight excluding hydrogens is 315 g/mol. The first kappa shape index (κ1) is 17.1. The van der Waals surface area contributed by atoms with Gasteiger partial charge in [0.05, 0.1) is 0 Å². The van der Waals surface area contributed by atoms with Gasteiger partial charge in [-0.3, -0.25) is 4.21 Å². The number of aryl methyl sites for hydroxylation is 1. The Labute approximate surface area is 137 Å². The molecule has 2 amide bonds. The molecule has 1 atom stereocenters. The fourth-order valence-electron chi connectivity index (χ4n) is 1.97. The summed E-state index contributed by atoms with van der Waals surface area (Å²) in [5.74, 6) is -0.280. The predicted octanol–water partition coefficient (Wildman–Crippen LogP) is 2.87. The summed E-state index contributed by atoms with van der Waals surface area (Å²) in [6.45, 7) is 2.32. The van der Waals surface area contributed by atoms with Gasteiger partial charge in [0.15, 0.2) is 0 Å². The lowest BCUT2D eigenvalue weighted by atomic mass is 10.1. The van der Waals surface area contributed by atoms with E-state index >= 15 is 0 Å². The molecule has 2 aromatic carbocycles. The smallest absolute Gasteiger partial charge is 0.315 e. The molecule has 6 heteroatoms. The summed E-state index contributed by atoms with van der Waals surface area (Å²) in [5.41, 5.74) is 2.20. The zero-order chi connectivity index (χ0) is 16.8. The summed E-state index contributed by atoms with van der Waals surface area (Å²) < 4.78 is 24.7. The molecule has 23 heavy (non-hydrogen) atoms. The summed E-state index contributed by atoms with van der Waals surface area (Å²) in [5, 5.41) is 5.40. The van der Waals surface area contributed by atoms with Gasteiger partial charge in [-0.05, 0) is 41.8 Å². The number of hydrogen-bond acceptors (Lipinski definition) is 2. The van der Waals surface area contributed by atoms with Crippen LogP contribution in [0.25, 0.3) is 0 Å². The van der Waals surface area contributed by atoms with E-state index in [0.29, 0.717) is 17.7 Å². The second-order valence-corrected chi connectivity index (χ2v) is 6.60. The van der Waals surface area contributed by atoms with Crippen LogP contribution in [-0.2, 0) is 23.9 Å². The summed E-state index contributed by atoms with van der Waals surface area (Å²) in [7, 11) is -1.01. The molecule has 2 rings (SSSR count). The van der Waals surface area contributed by atoms with E-state index in [1.165, 1.54) is 6.07 Å². The molecule has 2 aromatic rings. The number of carbonyl (C=O) groups excluding carboxylic acids is 1. The quantitative estimate of drug-likeness (QED) is 0.883. The summed E-state index contributed by atoms with van der Waals surface area (Å²) in [6.07, 6.45) is 1.62. The Morgan fingerprint density at radius 2 is 1.61 bits per heavy atom. The molecule has 0 heterocycles. The van der Waals surface area contributed by atoms with E-state index in [0.717, 1.165) is 10.5 Å². The number of amides is 2. The van der Waals surface area contributed by atoms with E-state index < -0.39 is 10.8 Å². The van der Waals surface area contributed by atoms with Crippen molar-refractivity contribution in [1.29, 1.82) is 0 Å². The molecule has 0 aromatic heterocycles. The van der Waals surface area contributed by atoms with Gasteiger partial charge >= 0.3 is 6.03 Å². The van der Waals surface area contributed by atoms with E-state index in [1.807, 2.05) is 12.1 Å². The summed E-state index contributed by atoms with van der Waals surface area (Å²) in [6, 6.07) is 11.8. The van der Waals surface area contributed by atoms with Crippen LogP contribution in [0.4, 0.5) is 9.18 Å². The topological polar surface area (TPSA) is 58.2 Å². The summed E-state index contributed by atoms with van der Waals surface area (Å²) in [4.78, 5) is 12.5. The van der Waals surface area contributed by atoms with Crippen LogP contribution in [0.15, 0.2) is 47.4 Å². The molecular formula is C17H19FN2O2S. The SMILES string of the molecule is Cc1ccc(CNC(=O)NCc2ccc(S(C)=O)cc2)cc1F. The molecule has 0 spiro atoms. The molecule has 0 fully saturated rings. The van der Waals surface area contributed by atoms with Gasteiger partial charge < -0.3 is 10.6 Å². The van der Waals surface area contributed by atoms with Crippen molar-refractivity contribution in [1.82, 2.24) is 10.6 Å². The minimum atomic E-state index is -1.01. The van der Waals surface area contributed by atoms with Gasteiger partial charge in [-0.25, -0.2) is 9.18 Å². The Morgan fingerprint density at radius 1 is 1.04 bits per heavy atom. The molecule has 122 valence electrons. The Morgan fingerprint density at radius 3 is 2.17 bits per heavy atom. The van der Waals surface area contributed by atoms with Crippen LogP contribution in [-0.4, -0.2) is 16.5 Å². The Bertz CT molecular complexity index is 717. The summed E-state index contributed by atoms with van der Waals surface area (Å²) >= 11 is 0. The third-order valence-electron chi connectivity index (χ3n) is 3.40. The minimum Gasteiger partial charge on any atom is -0.334 e. The second kappa shape index (κ2) is 7.87. The van der Waals surface area contributed by atoms with Crippen molar-refractivity contribution in [2.24, 2.45) is 0 Å². The van der Waals surface area contributed by atoms with Crippen molar-refractivity contribution in [2.75, 3.05) is 6.26 Å². The van der Waals surface area contributed by atoms with Crippen molar-refractivity contribution < 1.29 is 13.4 Å². The van der Waals surface area contributed by atoms with Crippen molar-refractivity contribution in [2.45, 2.75) is 24.9 Å². The number of carbonyl (C=O) groups is 1. The average molecular weight is 334 g/mol. The maximum Gasteiger partial charge on any atom is 0.315 e. The van der Waals surface area contributed by atoms with E-state index in [1.54, 1.807) is 37.4 Å². The lowest BCUT2D eigenvalue weighted by Crippen LogP contribution is -2.34. The third-order valence-corrected chi connectivity index (χ3v) is 4.33. The molecule has 0 aliphatic heterocycles. The first-order valence-corrected chi connectivity index (χ1v) is 8.70. The van der Waals surface area contributed by atoms with Gasteiger partial charge in [-0.1, -0.05) is 24.3 Å². The van der Waals surface area contributed by atoms with Gasteiger partial charge in [0, 0.05) is 35.0 Å². The first-order chi connectivity index (χ1) is 11.0. The molecule has 4 nitrogen and oxygen atoms in total. The molecule has 1 unspecified atom stereocenters. The highest BCUT2D eigenvalue weighted by Crippen LogP contribution is 2.09. The second-order valence-electron chi connectivity index (χ2n) is 5.22. The number of halogens is 1. The van der Waals surface area contributed by atoms with E-state index in [9.17, 15) is 13.4 Å². The van der Waals surface area contributed by atoms with Crippen molar-refractivity contribution in [3.05, 3.63) is 65.0 Å². The van der Waals surface area contributed by atoms with Crippen LogP contribution in [0.1, 0.15) is 16.7 Å². The molecule has 0 bridgehead atoms. The number of nitrogens with one attached hydrogen (secondary N) is 2. The maximum absolute atomic E-state index is 13.4. The van der Waals surface area contributed by atoms with Crippen LogP contribution in [0, 0.1) is 12.7 Å². The Kier molecular flexibility index (Phi) is 5.87. The van der Waals surface area contributed by atoms with Gasteiger partial charge in [-0.2, -0.15) is 0 Å². The molecule has 0 aliphatic rings. The standard InChI is InChI=1S/C17H19FN2O2S/c1-12-3-4-14(9-16(12)18)11-20-17(21)19-10-13-5-7-15(8-6-13)23(2)22/h3-9H,10-11H2,1-2H3,(H2,19,20,21). The van der Waals surface area contributed by atoms with Gasteiger partial charge in [-0.15, -0.1) is 0 Å². The first-order valence-electron chi connectivity index (χ1n) is 7.15. The lowest BCUT2D eigenvalue weighted by Gasteiger charge is -2.09.